The number of carbonyl (C=O) groups excluding carboxylic acids is 1. The second-order valence-corrected chi connectivity index (χ2v) is 5.80. The summed E-state index contributed by atoms with van der Waals surface area (Å²) < 4.78 is 43.1. The Morgan fingerprint density at radius 2 is 1.79 bits per heavy atom. The molecule has 0 saturated carbocycles. The molecular weight excluding hydrogens is 323 g/mol. The van der Waals surface area contributed by atoms with Crippen molar-refractivity contribution >= 4 is 5.91 Å². The van der Waals surface area contributed by atoms with E-state index >= 15 is 0 Å². The average molecular weight is 339 g/mol. The molecule has 0 aliphatic carbocycles. The second kappa shape index (κ2) is 6.26. The Hall–Kier alpha value is -2.38. The van der Waals surface area contributed by atoms with Crippen LogP contribution in [0.5, 0.6) is 0 Å². The molecule has 24 heavy (non-hydrogen) atoms. The van der Waals surface area contributed by atoms with Gasteiger partial charge in [0.15, 0.2) is 0 Å². The second-order valence-electron chi connectivity index (χ2n) is 5.80. The van der Waals surface area contributed by atoms with Crippen molar-refractivity contribution in [3.05, 3.63) is 47.2 Å². The van der Waals surface area contributed by atoms with Gasteiger partial charge < -0.3 is 9.32 Å². The van der Waals surface area contributed by atoms with E-state index in [0.29, 0.717) is 37.7 Å². The maximum Gasteiger partial charge on any atom is 0.416 e. The fourth-order valence-corrected chi connectivity index (χ4v) is 2.79. The van der Waals surface area contributed by atoms with Gasteiger partial charge >= 0.3 is 6.18 Å². The summed E-state index contributed by atoms with van der Waals surface area (Å²) in [6.07, 6.45) is -3.02. The van der Waals surface area contributed by atoms with Gasteiger partial charge in [-0.25, -0.2) is 0 Å². The quantitative estimate of drug-likeness (QED) is 0.841. The molecule has 1 fully saturated rings. The molecule has 1 saturated heterocycles. The Kier molecular flexibility index (Phi) is 4.29. The number of hydrogen-bond acceptors (Lipinski definition) is 4. The SMILES string of the molecule is Cc1nnc(C2CCN(C(=O)c3ccc(C(F)(F)F)cc3)CC2)o1. The van der Waals surface area contributed by atoms with E-state index in [-0.39, 0.29) is 17.4 Å². The number of likely N-dealkylation sites (tertiary alicyclic amines) is 1. The van der Waals surface area contributed by atoms with Gasteiger partial charge in [0.25, 0.3) is 5.91 Å². The number of piperidine rings is 1. The van der Waals surface area contributed by atoms with Crippen LogP contribution in [-0.4, -0.2) is 34.1 Å². The topological polar surface area (TPSA) is 59.2 Å². The first-order valence-electron chi connectivity index (χ1n) is 7.61. The Bertz CT molecular complexity index is 717. The molecule has 1 aromatic heterocycles. The maximum atomic E-state index is 12.6. The highest BCUT2D eigenvalue weighted by molar-refractivity contribution is 5.94. The zero-order valence-corrected chi connectivity index (χ0v) is 13.0. The highest BCUT2D eigenvalue weighted by Gasteiger charge is 2.31. The molecule has 1 aliphatic rings. The van der Waals surface area contributed by atoms with E-state index in [1.165, 1.54) is 12.1 Å². The molecule has 0 atom stereocenters. The monoisotopic (exact) mass is 339 g/mol. The van der Waals surface area contributed by atoms with E-state index in [2.05, 4.69) is 10.2 Å². The summed E-state index contributed by atoms with van der Waals surface area (Å²) in [5, 5.41) is 7.81. The molecule has 1 aromatic carbocycles. The molecule has 2 aromatic rings. The number of aryl methyl sites for hydroxylation is 1. The first-order chi connectivity index (χ1) is 11.3. The van der Waals surface area contributed by atoms with E-state index < -0.39 is 11.7 Å². The third kappa shape index (κ3) is 3.42. The summed E-state index contributed by atoms with van der Waals surface area (Å²) in [6, 6.07) is 4.31. The van der Waals surface area contributed by atoms with Gasteiger partial charge in [0, 0.05) is 31.5 Å². The average Bonchev–Trinajstić information content (AvgIpc) is 3.00. The molecular formula is C16H16F3N3O2. The molecule has 5 nitrogen and oxygen atoms in total. The summed E-state index contributed by atoms with van der Waals surface area (Å²) in [5.74, 6) is 0.939. The third-order valence-electron chi connectivity index (χ3n) is 4.13. The Balaban J connectivity index is 1.63. The van der Waals surface area contributed by atoms with Gasteiger partial charge in [-0.2, -0.15) is 13.2 Å². The van der Waals surface area contributed by atoms with Gasteiger partial charge in [-0.3, -0.25) is 4.79 Å². The lowest BCUT2D eigenvalue weighted by Crippen LogP contribution is -2.38. The lowest BCUT2D eigenvalue weighted by molar-refractivity contribution is -0.137. The fourth-order valence-electron chi connectivity index (χ4n) is 2.79. The van der Waals surface area contributed by atoms with Gasteiger partial charge in [-0.15, -0.1) is 10.2 Å². The van der Waals surface area contributed by atoms with Gasteiger partial charge in [-0.05, 0) is 37.1 Å². The summed E-state index contributed by atoms with van der Waals surface area (Å²) >= 11 is 0. The fraction of sp³-hybridized carbons (Fsp3) is 0.438. The van der Waals surface area contributed by atoms with Crippen molar-refractivity contribution in [3.8, 4) is 0 Å². The van der Waals surface area contributed by atoms with Crippen LogP contribution in [0, 0.1) is 6.92 Å². The van der Waals surface area contributed by atoms with Crippen molar-refractivity contribution in [1.82, 2.24) is 15.1 Å². The minimum atomic E-state index is -4.40. The van der Waals surface area contributed by atoms with Crippen LogP contribution < -0.4 is 0 Å². The van der Waals surface area contributed by atoms with Crippen molar-refractivity contribution in [1.29, 1.82) is 0 Å². The molecule has 0 bridgehead atoms. The van der Waals surface area contributed by atoms with Gasteiger partial charge in [-0.1, -0.05) is 0 Å². The van der Waals surface area contributed by atoms with E-state index in [1.54, 1.807) is 11.8 Å². The van der Waals surface area contributed by atoms with Crippen LogP contribution in [-0.2, 0) is 6.18 Å². The Morgan fingerprint density at radius 1 is 1.17 bits per heavy atom. The first kappa shape index (κ1) is 16.5. The van der Waals surface area contributed by atoms with Gasteiger partial charge in [0.1, 0.15) is 0 Å². The lowest BCUT2D eigenvalue weighted by Gasteiger charge is -2.30. The van der Waals surface area contributed by atoms with Crippen molar-refractivity contribution in [2.45, 2.75) is 31.9 Å². The standard InChI is InChI=1S/C16H16F3N3O2/c1-10-20-21-14(24-10)11-6-8-22(9-7-11)15(23)12-2-4-13(5-3-12)16(17,18)19/h2-5,11H,6-9H2,1H3. The van der Waals surface area contributed by atoms with Gasteiger partial charge in [0.2, 0.25) is 11.8 Å². The van der Waals surface area contributed by atoms with Crippen molar-refractivity contribution in [2.24, 2.45) is 0 Å². The number of halogens is 3. The van der Waals surface area contributed by atoms with Crippen molar-refractivity contribution in [3.63, 3.8) is 0 Å². The third-order valence-corrected chi connectivity index (χ3v) is 4.13. The molecule has 1 amide bonds. The molecule has 1 aliphatic heterocycles. The van der Waals surface area contributed by atoms with Crippen LogP contribution in [0.4, 0.5) is 13.2 Å². The number of alkyl halides is 3. The van der Waals surface area contributed by atoms with Crippen LogP contribution in [0.3, 0.4) is 0 Å². The molecule has 2 heterocycles. The number of benzene rings is 1. The number of nitrogens with zero attached hydrogens (tertiary/aromatic N) is 3. The smallest absolute Gasteiger partial charge is 0.416 e. The minimum absolute atomic E-state index is 0.114. The van der Waals surface area contributed by atoms with E-state index in [9.17, 15) is 18.0 Å². The molecule has 128 valence electrons. The van der Waals surface area contributed by atoms with E-state index in [1.807, 2.05) is 0 Å². The van der Waals surface area contributed by atoms with E-state index in [0.717, 1.165) is 12.1 Å². The maximum absolute atomic E-state index is 12.6. The van der Waals surface area contributed by atoms with Crippen LogP contribution in [0.15, 0.2) is 28.7 Å². The summed E-state index contributed by atoms with van der Waals surface area (Å²) in [6.45, 7) is 2.73. The Morgan fingerprint density at radius 3 is 2.29 bits per heavy atom. The van der Waals surface area contributed by atoms with Crippen molar-refractivity contribution in [2.75, 3.05) is 13.1 Å². The summed E-state index contributed by atoms with van der Waals surface area (Å²) in [4.78, 5) is 14.0. The molecule has 0 spiro atoms. The number of aromatic nitrogens is 2. The normalized spacial score (nSPS) is 16.4. The van der Waals surface area contributed by atoms with Gasteiger partial charge in [0.05, 0.1) is 5.56 Å². The van der Waals surface area contributed by atoms with E-state index in [4.69, 9.17) is 4.42 Å². The highest BCUT2D eigenvalue weighted by atomic mass is 19.4. The molecule has 0 N–H and O–H groups in total. The van der Waals surface area contributed by atoms with Crippen molar-refractivity contribution < 1.29 is 22.4 Å². The predicted octanol–water partition coefficient (Wildman–Crippen LogP) is 3.42. The number of hydrogen-bond donors (Lipinski definition) is 0. The lowest BCUT2D eigenvalue weighted by atomic mass is 9.96. The predicted molar refractivity (Wildman–Crippen MR) is 78.4 cm³/mol. The summed E-state index contributed by atoms with van der Waals surface area (Å²) in [7, 11) is 0. The number of carbonyl (C=O) groups is 1. The zero-order chi connectivity index (χ0) is 17.3. The summed E-state index contributed by atoms with van der Waals surface area (Å²) in [5.41, 5.74) is -0.500. The van der Waals surface area contributed by atoms with Crippen LogP contribution >= 0.6 is 0 Å². The highest BCUT2D eigenvalue weighted by Crippen LogP contribution is 2.30. The molecule has 0 unspecified atom stereocenters. The largest absolute Gasteiger partial charge is 0.425 e. The minimum Gasteiger partial charge on any atom is -0.425 e. The number of rotatable bonds is 2. The molecule has 8 heteroatoms. The Labute approximate surface area is 136 Å². The van der Waals surface area contributed by atoms with Crippen LogP contribution in [0.2, 0.25) is 0 Å². The molecule has 3 rings (SSSR count). The zero-order valence-electron chi connectivity index (χ0n) is 13.0. The van der Waals surface area contributed by atoms with Crippen LogP contribution in [0.1, 0.15) is 46.5 Å². The van der Waals surface area contributed by atoms with Crippen LogP contribution in [0.25, 0.3) is 0 Å². The molecule has 0 radical (unpaired) electrons. The number of amides is 1. The first-order valence-corrected chi connectivity index (χ1v) is 7.61.